The summed E-state index contributed by atoms with van der Waals surface area (Å²) in [5, 5.41) is 0.618. The van der Waals surface area contributed by atoms with E-state index < -0.39 is 0 Å². The van der Waals surface area contributed by atoms with Gasteiger partial charge in [0.15, 0.2) is 0 Å². The van der Waals surface area contributed by atoms with Crippen molar-refractivity contribution in [2.75, 3.05) is 0 Å². The van der Waals surface area contributed by atoms with Gasteiger partial charge in [-0.3, -0.25) is 9.98 Å². The molecule has 0 saturated carbocycles. The van der Waals surface area contributed by atoms with E-state index in [2.05, 4.69) is 93.5 Å². The predicted molar refractivity (Wildman–Crippen MR) is 162 cm³/mol. The van der Waals surface area contributed by atoms with Crippen molar-refractivity contribution in [1.29, 1.82) is 0 Å². The minimum atomic E-state index is 0. The molecule has 0 aliphatic heterocycles. The second-order valence-corrected chi connectivity index (χ2v) is 11.8. The molecule has 0 unspecified atom stereocenters. The van der Waals surface area contributed by atoms with Crippen LogP contribution in [0.2, 0.25) is 5.02 Å². The SMILES string of the molecule is Cc1cc(C(C)C)c(N=Cc2cc(Cl)cc(C=Nc3c(C(C)C)cc(C)cc3C(C)C)n2)c(C(C)C)c1.[Cl-].[Cl-].[Fe+2]. The van der Waals surface area contributed by atoms with Crippen LogP contribution in [0.25, 0.3) is 0 Å². The number of hydrogen-bond donors (Lipinski definition) is 0. The smallest absolute Gasteiger partial charge is 1.00 e. The molecule has 0 saturated heterocycles. The fourth-order valence-corrected chi connectivity index (χ4v) is 4.88. The molecule has 3 aromatic rings. The van der Waals surface area contributed by atoms with E-state index >= 15 is 0 Å². The average Bonchev–Trinajstić information content (AvgIpc) is 2.80. The summed E-state index contributed by atoms with van der Waals surface area (Å²) in [6.45, 7) is 22.0. The molecule has 0 spiro atoms. The number of nitrogens with zero attached hydrogens (tertiary/aromatic N) is 3. The summed E-state index contributed by atoms with van der Waals surface area (Å²) in [6.07, 6.45) is 3.66. The second kappa shape index (κ2) is 16.7. The second-order valence-electron chi connectivity index (χ2n) is 11.4. The van der Waals surface area contributed by atoms with E-state index in [0.29, 0.717) is 28.7 Å². The third-order valence-corrected chi connectivity index (χ3v) is 6.81. The zero-order valence-electron chi connectivity index (χ0n) is 25.3. The average molecular weight is 643 g/mol. The van der Waals surface area contributed by atoms with Crippen LogP contribution in [-0.2, 0) is 17.1 Å². The quantitative estimate of drug-likeness (QED) is 0.266. The molecule has 1 heterocycles. The number of halogens is 3. The predicted octanol–water partition coefficient (Wildman–Crippen LogP) is 4.35. The molecule has 0 N–H and O–H groups in total. The zero-order chi connectivity index (χ0) is 27.4. The topological polar surface area (TPSA) is 37.6 Å². The normalized spacial score (nSPS) is 11.5. The Bertz CT molecular complexity index is 1170. The van der Waals surface area contributed by atoms with Crippen molar-refractivity contribution in [3.05, 3.63) is 86.2 Å². The van der Waals surface area contributed by atoms with Crippen molar-refractivity contribution in [1.82, 2.24) is 4.98 Å². The Morgan fingerprint density at radius 3 is 1.10 bits per heavy atom. The molecule has 0 atom stereocenters. The maximum atomic E-state index is 6.52. The minimum absolute atomic E-state index is 0. The van der Waals surface area contributed by atoms with Gasteiger partial charge in [0, 0.05) is 5.02 Å². The van der Waals surface area contributed by atoms with Crippen LogP contribution in [0, 0.1) is 13.8 Å². The number of aromatic nitrogens is 1. The van der Waals surface area contributed by atoms with E-state index in [-0.39, 0.29) is 41.9 Å². The summed E-state index contributed by atoms with van der Waals surface area (Å²) in [5.41, 5.74) is 11.1. The van der Waals surface area contributed by atoms with Gasteiger partial charge in [-0.1, -0.05) is 102 Å². The van der Waals surface area contributed by atoms with Gasteiger partial charge in [-0.05, 0) is 71.9 Å². The van der Waals surface area contributed by atoms with Gasteiger partial charge >= 0.3 is 17.1 Å². The molecule has 218 valence electrons. The summed E-state index contributed by atoms with van der Waals surface area (Å²) < 4.78 is 0. The first-order chi connectivity index (χ1) is 17.4. The summed E-state index contributed by atoms with van der Waals surface area (Å²) in [7, 11) is 0. The van der Waals surface area contributed by atoms with Crippen molar-refractivity contribution in [2.24, 2.45) is 9.98 Å². The van der Waals surface area contributed by atoms with Gasteiger partial charge in [0.25, 0.3) is 0 Å². The van der Waals surface area contributed by atoms with Crippen LogP contribution in [0.4, 0.5) is 11.4 Å². The fourth-order valence-electron chi connectivity index (χ4n) is 4.66. The Morgan fingerprint density at radius 2 is 0.850 bits per heavy atom. The van der Waals surface area contributed by atoms with E-state index in [4.69, 9.17) is 26.6 Å². The van der Waals surface area contributed by atoms with Crippen LogP contribution in [0.3, 0.4) is 0 Å². The Hall–Kier alpha value is -1.68. The Kier molecular flexibility index (Phi) is 16.0. The largest absolute Gasteiger partial charge is 2.00 e. The molecule has 40 heavy (non-hydrogen) atoms. The standard InChI is InChI=1S/C33H42ClN3.2ClH.Fe/c1-19(2)28-11-23(9)12-29(20(3)4)32(28)35-17-26-15-25(34)16-27(37-26)18-36-33-30(21(5)6)13-24(10)14-31(33)22(7)8;;;/h11-22H,1-10H3;2*1H;/q;;;+2/p-2. The van der Waals surface area contributed by atoms with Gasteiger partial charge in [0.1, 0.15) is 0 Å². The van der Waals surface area contributed by atoms with Crippen molar-refractivity contribution >= 4 is 35.4 Å². The van der Waals surface area contributed by atoms with Gasteiger partial charge in [-0.15, -0.1) is 0 Å². The summed E-state index contributed by atoms with van der Waals surface area (Å²) in [6, 6.07) is 12.7. The van der Waals surface area contributed by atoms with Gasteiger partial charge < -0.3 is 24.8 Å². The molecular formula is C33H42Cl3FeN3. The van der Waals surface area contributed by atoms with E-state index in [9.17, 15) is 0 Å². The number of aryl methyl sites for hydroxylation is 2. The third kappa shape index (κ3) is 9.71. The summed E-state index contributed by atoms with van der Waals surface area (Å²) >= 11 is 6.52. The molecule has 0 fully saturated rings. The van der Waals surface area contributed by atoms with Crippen LogP contribution in [0.5, 0.6) is 0 Å². The number of pyridine rings is 1. The maximum absolute atomic E-state index is 6.52. The molecule has 7 heteroatoms. The van der Waals surface area contributed by atoms with E-state index in [1.54, 1.807) is 0 Å². The maximum Gasteiger partial charge on any atom is 2.00 e. The summed E-state index contributed by atoms with van der Waals surface area (Å²) in [4.78, 5) is 14.7. The number of hydrogen-bond acceptors (Lipinski definition) is 3. The molecular weight excluding hydrogens is 601 g/mol. The van der Waals surface area contributed by atoms with E-state index in [1.165, 1.54) is 33.4 Å². The Balaban J connectivity index is 0.00000507. The van der Waals surface area contributed by atoms with Crippen LogP contribution < -0.4 is 24.8 Å². The van der Waals surface area contributed by atoms with Crippen molar-refractivity contribution in [3.8, 4) is 0 Å². The van der Waals surface area contributed by atoms with Crippen molar-refractivity contribution < 1.29 is 41.9 Å². The Morgan fingerprint density at radius 1 is 0.575 bits per heavy atom. The molecule has 2 aromatic carbocycles. The molecule has 0 radical (unpaired) electrons. The van der Waals surface area contributed by atoms with Crippen LogP contribution >= 0.6 is 11.6 Å². The first kappa shape index (κ1) is 38.3. The van der Waals surface area contributed by atoms with Crippen LogP contribution in [-0.4, -0.2) is 17.4 Å². The number of rotatable bonds is 8. The molecule has 0 amide bonds. The molecule has 0 bridgehead atoms. The van der Waals surface area contributed by atoms with Crippen molar-refractivity contribution in [3.63, 3.8) is 0 Å². The van der Waals surface area contributed by atoms with Gasteiger partial charge in [0.05, 0.1) is 35.2 Å². The fraction of sp³-hybridized carbons (Fsp3) is 0.424. The number of aliphatic imine (C=N–C) groups is 2. The van der Waals surface area contributed by atoms with E-state index in [1.807, 2.05) is 24.6 Å². The molecule has 1 aromatic heterocycles. The Labute approximate surface area is 270 Å². The minimum Gasteiger partial charge on any atom is -1.00 e. The van der Waals surface area contributed by atoms with Crippen LogP contribution in [0.15, 0.2) is 46.4 Å². The van der Waals surface area contributed by atoms with Crippen molar-refractivity contribution in [2.45, 2.75) is 92.9 Å². The monoisotopic (exact) mass is 641 g/mol. The molecule has 0 aliphatic rings. The molecule has 3 rings (SSSR count). The molecule has 3 nitrogen and oxygen atoms in total. The van der Waals surface area contributed by atoms with Crippen LogP contribution in [0.1, 0.15) is 124 Å². The summed E-state index contributed by atoms with van der Waals surface area (Å²) in [5.74, 6) is 1.50. The van der Waals surface area contributed by atoms with Gasteiger partial charge in [-0.25, -0.2) is 4.98 Å². The first-order valence-corrected chi connectivity index (χ1v) is 13.8. The number of benzene rings is 2. The van der Waals surface area contributed by atoms with E-state index in [0.717, 1.165) is 22.8 Å². The molecule has 0 aliphatic carbocycles. The first-order valence-electron chi connectivity index (χ1n) is 13.4. The third-order valence-electron chi connectivity index (χ3n) is 6.60. The van der Waals surface area contributed by atoms with Gasteiger partial charge in [-0.2, -0.15) is 0 Å². The zero-order valence-corrected chi connectivity index (χ0v) is 28.6. The van der Waals surface area contributed by atoms with Gasteiger partial charge in [0.2, 0.25) is 0 Å².